The van der Waals surface area contributed by atoms with Crippen molar-refractivity contribution < 1.29 is 20.4 Å². The predicted octanol–water partition coefficient (Wildman–Crippen LogP) is 3.89. The molecule has 0 saturated heterocycles. The first kappa shape index (κ1) is 20.2. The van der Waals surface area contributed by atoms with Crippen molar-refractivity contribution in [2.24, 2.45) is 0 Å². The second kappa shape index (κ2) is 11.7. The van der Waals surface area contributed by atoms with Crippen molar-refractivity contribution in [2.75, 3.05) is 0 Å². The molecule has 25 heavy (non-hydrogen) atoms. The minimum absolute atomic E-state index is 0.322. The smallest absolute Gasteiger partial charge is 0.115 e. The summed E-state index contributed by atoms with van der Waals surface area (Å²) in [6.07, 6.45) is -1.48. The molecule has 0 aliphatic carbocycles. The third-order valence-corrected chi connectivity index (χ3v) is 3.11. The lowest BCUT2D eigenvalue weighted by Gasteiger charge is -2.12. The maximum Gasteiger partial charge on any atom is 0.115 e. The van der Waals surface area contributed by atoms with Crippen LogP contribution in [0, 0.1) is 0 Å². The van der Waals surface area contributed by atoms with Gasteiger partial charge in [0.05, 0.1) is 6.10 Å². The Labute approximate surface area is 148 Å². The zero-order valence-electron chi connectivity index (χ0n) is 14.1. The minimum Gasteiger partial charge on any atom is -0.508 e. The van der Waals surface area contributed by atoms with Crippen molar-refractivity contribution in [2.45, 2.75) is 19.1 Å². The highest BCUT2D eigenvalue weighted by atomic mass is 16.3. The van der Waals surface area contributed by atoms with E-state index in [1.54, 1.807) is 67.6 Å². The summed E-state index contributed by atoms with van der Waals surface area (Å²) in [5, 5.41) is 35.6. The number of rotatable bonds is 2. The van der Waals surface area contributed by atoms with Crippen LogP contribution in [-0.2, 0) is 0 Å². The molecular weight excluding hydrogens is 316 g/mol. The molecule has 2 atom stereocenters. The molecule has 0 heterocycles. The van der Waals surface area contributed by atoms with Gasteiger partial charge in [-0.3, -0.25) is 0 Å². The molecule has 0 aromatic heterocycles. The predicted molar refractivity (Wildman–Crippen MR) is 99.3 cm³/mol. The summed E-state index contributed by atoms with van der Waals surface area (Å²) in [4.78, 5) is 0. The number of aliphatic hydroxyl groups excluding tert-OH is 2. The Kier molecular flexibility index (Phi) is 9.45. The average Bonchev–Trinajstić information content (AvgIpc) is 2.64. The van der Waals surface area contributed by atoms with E-state index in [2.05, 4.69) is 0 Å². The van der Waals surface area contributed by atoms with Crippen LogP contribution in [0.5, 0.6) is 11.5 Å². The van der Waals surface area contributed by atoms with Crippen molar-refractivity contribution in [3.63, 3.8) is 0 Å². The van der Waals surface area contributed by atoms with Gasteiger partial charge in [-0.25, -0.2) is 0 Å². The number of para-hydroxylation sites is 2. The van der Waals surface area contributed by atoms with Crippen molar-refractivity contribution in [1.82, 2.24) is 0 Å². The van der Waals surface area contributed by atoms with Crippen LogP contribution < -0.4 is 0 Å². The van der Waals surface area contributed by atoms with Crippen molar-refractivity contribution in [1.29, 1.82) is 0 Å². The van der Waals surface area contributed by atoms with Crippen LogP contribution in [0.25, 0.3) is 0 Å². The summed E-state index contributed by atoms with van der Waals surface area (Å²) in [6.45, 7) is 1.57. The molecule has 3 aromatic rings. The van der Waals surface area contributed by atoms with E-state index >= 15 is 0 Å². The second-order valence-electron chi connectivity index (χ2n) is 5.27. The summed E-state index contributed by atoms with van der Waals surface area (Å²) in [6, 6.07) is 26.5. The first-order chi connectivity index (χ1) is 12.0. The van der Waals surface area contributed by atoms with Crippen LogP contribution in [0.15, 0.2) is 91.0 Å². The summed E-state index contributed by atoms with van der Waals surface area (Å²) in [5.74, 6) is 0.644. The molecule has 4 nitrogen and oxygen atoms in total. The molecular formula is C21H24O4. The van der Waals surface area contributed by atoms with Gasteiger partial charge in [0, 0.05) is 0 Å². The zero-order chi connectivity index (χ0) is 18.5. The van der Waals surface area contributed by atoms with E-state index in [0.717, 1.165) is 5.56 Å². The lowest BCUT2D eigenvalue weighted by Crippen LogP contribution is -2.13. The largest absolute Gasteiger partial charge is 0.508 e. The molecule has 0 radical (unpaired) electrons. The first-order valence-corrected chi connectivity index (χ1v) is 7.90. The Bertz CT molecular complexity index is 633. The van der Waals surface area contributed by atoms with E-state index in [4.69, 9.17) is 15.3 Å². The van der Waals surface area contributed by atoms with Gasteiger partial charge in [0.15, 0.2) is 0 Å². The van der Waals surface area contributed by atoms with Crippen LogP contribution in [-0.4, -0.2) is 26.5 Å². The third kappa shape index (κ3) is 9.15. The average molecular weight is 340 g/mol. The number of phenols is 2. The fraction of sp³-hybridized carbons (Fsp3) is 0.143. The highest BCUT2D eigenvalue weighted by molar-refractivity contribution is 5.19. The summed E-state index contributed by atoms with van der Waals surface area (Å²) in [7, 11) is 0. The van der Waals surface area contributed by atoms with Gasteiger partial charge in [0.2, 0.25) is 0 Å². The number of aliphatic hydroxyl groups is 2. The van der Waals surface area contributed by atoms with Gasteiger partial charge in [-0.2, -0.15) is 0 Å². The molecule has 0 saturated carbocycles. The zero-order valence-corrected chi connectivity index (χ0v) is 14.1. The molecule has 4 heteroatoms. The summed E-state index contributed by atoms with van der Waals surface area (Å²) in [5.41, 5.74) is 0.752. The molecule has 0 spiro atoms. The van der Waals surface area contributed by atoms with E-state index in [1.165, 1.54) is 0 Å². The monoisotopic (exact) mass is 340 g/mol. The fourth-order valence-electron chi connectivity index (χ4n) is 1.78. The molecule has 3 aromatic carbocycles. The Balaban J connectivity index is 0.000000195. The molecule has 0 fully saturated rings. The first-order valence-electron chi connectivity index (χ1n) is 7.90. The molecule has 0 bridgehead atoms. The molecule has 0 aliphatic heterocycles. The highest BCUT2D eigenvalue weighted by Crippen LogP contribution is 2.15. The Hall–Kier alpha value is -2.82. The number of benzene rings is 3. The third-order valence-electron chi connectivity index (χ3n) is 3.11. The van der Waals surface area contributed by atoms with Crippen LogP contribution in [0.1, 0.15) is 18.6 Å². The summed E-state index contributed by atoms with van der Waals surface area (Å²) >= 11 is 0. The highest BCUT2D eigenvalue weighted by Gasteiger charge is 2.11. The number of aromatic hydroxyl groups is 2. The van der Waals surface area contributed by atoms with Crippen molar-refractivity contribution in [3.8, 4) is 11.5 Å². The van der Waals surface area contributed by atoms with E-state index in [9.17, 15) is 5.11 Å². The molecule has 2 unspecified atom stereocenters. The number of hydrogen-bond acceptors (Lipinski definition) is 4. The fourth-order valence-corrected chi connectivity index (χ4v) is 1.78. The summed E-state index contributed by atoms with van der Waals surface area (Å²) < 4.78 is 0. The van der Waals surface area contributed by atoms with Crippen LogP contribution in [0.3, 0.4) is 0 Å². The van der Waals surface area contributed by atoms with Gasteiger partial charge in [0.25, 0.3) is 0 Å². The van der Waals surface area contributed by atoms with Gasteiger partial charge in [0.1, 0.15) is 17.6 Å². The molecule has 0 aliphatic rings. The van der Waals surface area contributed by atoms with Crippen molar-refractivity contribution >= 4 is 0 Å². The standard InChI is InChI=1S/C9H12O2.2C6H6O/c1-7(10)9(11)8-5-3-2-4-6-8;2*7-6-4-2-1-3-5-6/h2-7,9-11H,1H3;2*1-5,7H. The van der Waals surface area contributed by atoms with Gasteiger partial charge in [-0.05, 0) is 36.8 Å². The quantitative estimate of drug-likeness (QED) is 0.571. The van der Waals surface area contributed by atoms with Gasteiger partial charge < -0.3 is 20.4 Å². The normalized spacial score (nSPS) is 11.8. The van der Waals surface area contributed by atoms with Crippen LogP contribution in [0.2, 0.25) is 0 Å². The van der Waals surface area contributed by atoms with Crippen LogP contribution >= 0.6 is 0 Å². The lowest BCUT2D eigenvalue weighted by molar-refractivity contribution is 0.0305. The minimum atomic E-state index is -0.767. The van der Waals surface area contributed by atoms with Crippen molar-refractivity contribution in [3.05, 3.63) is 96.6 Å². The lowest BCUT2D eigenvalue weighted by atomic mass is 10.1. The Morgan fingerprint density at radius 1 is 0.560 bits per heavy atom. The Morgan fingerprint density at radius 2 is 0.880 bits per heavy atom. The van der Waals surface area contributed by atoms with E-state index in [1.807, 2.05) is 30.3 Å². The number of phenolic OH excluding ortho intramolecular Hbond substituents is 2. The second-order valence-corrected chi connectivity index (χ2v) is 5.27. The number of hydrogen-bond donors (Lipinski definition) is 4. The van der Waals surface area contributed by atoms with Gasteiger partial charge >= 0.3 is 0 Å². The van der Waals surface area contributed by atoms with Crippen LogP contribution in [0.4, 0.5) is 0 Å². The molecule has 3 rings (SSSR count). The molecule has 0 amide bonds. The van der Waals surface area contributed by atoms with E-state index < -0.39 is 12.2 Å². The van der Waals surface area contributed by atoms with E-state index in [0.29, 0.717) is 11.5 Å². The Morgan fingerprint density at radius 3 is 1.12 bits per heavy atom. The maximum absolute atomic E-state index is 9.35. The SMILES string of the molecule is CC(O)C(O)c1ccccc1.Oc1ccccc1.Oc1ccccc1. The van der Waals surface area contributed by atoms with Gasteiger partial charge in [-0.15, -0.1) is 0 Å². The van der Waals surface area contributed by atoms with Gasteiger partial charge in [-0.1, -0.05) is 66.7 Å². The van der Waals surface area contributed by atoms with E-state index in [-0.39, 0.29) is 0 Å². The molecule has 132 valence electrons. The topological polar surface area (TPSA) is 80.9 Å². The molecule has 4 N–H and O–H groups in total. The maximum atomic E-state index is 9.35.